The SMILES string of the molecule is Cc1cccc([C@H]2CC(=O)c3cn[nH]c3C2)c1. The van der Waals surface area contributed by atoms with Crippen molar-refractivity contribution in [1.29, 1.82) is 0 Å². The molecule has 0 saturated carbocycles. The molecule has 0 saturated heterocycles. The minimum absolute atomic E-state index is 0.200. The van der Waals surface area contributed by atoms with Gasteiger partial charge in [-0.15, -0.1) is 0 Å². The first-order chi connectivity index (χ1) is 8.24. The highest BCUT2D eigenvalue weighted by Gasteiger charge is 2.27. The Morgan fingerprint density at radius 1 is 1.35 bits per heavy atom. The molecule has 0 unspecified atom stereocenters. The third-order valence-electron chi connectivity index (χ3n) is 3.41. The number of hydrogen-bond donors (Lipinski definition) is 1. The van der Waals surface area contributed by atoms with E-state index in [9.17, 15) is 4.79 Å². The third kappa shape index (κ3) is 1.78. The number of benzene rings is 1. The largest absolute Gasteiger partial charge is 0.294 e. The smallest absolute Gasteiger partial charge is 0.166 e. The predicted octanol–water partition coefficient (Wildman–Crippen LogP) is 2.63. The van der Waals surface area contributed by atoms with E-state index >= 15 is 0 Å². The van der Waals surface area contributed by atoms with Gasteiger partial charge < -0.3 is 0 Å². The van der Waals surface area contributed by atoms with Crippen LogP contribution in [0.2, 0.25) is 0 Å². The second kappa shape index (κ2) is 3.84. The van der Waals surface area contributed by atoms with E-state index in [1.54, 1.807) is 6.20 Å². The number of fused-ring (bicyclic) bond motifs is 1. The molecule has 0 amide bonds. The van der Waals surface area contributed by atoms with Crippen molar-refractivity contribution in [3.63, 3.8) is 0 Å². The van der Waals surface area contributed by atoms with Crippen molar-refractivity contribution in [2.45, 2.75) is 25.7 Å². The maximum Gasteiger partial charge on any atom is 0.166 e. The molecule has 0 spiro atoms. The number of nitrogens with one attached hydrogen (secondary N) is 1. The van der Waals surface area contributed by atoms with Crippen molar-refractivity contribution in [3.05, 3.63) is 52.8 Å². The van der Waals surface area contributed by atoms with Crippen molar-refractivity contribution in [1.82, 2.24) is 10.2 Å². The lowest BCUT2D eigenvalue weighted by atomic mass is 9.82. The standard InChI is InChI=1S/C14H14N2O/c1-9-3-2-4-10(5-9)11-6-13-12(8-15-16-13)14(17)7-11/h2-5,8,11H,6-7H2,1H3,(H,15,16)/t11-/m1/s1. The molecular weight excluding hydrogens is 212 g/mol. The number of carbonyl (C=O) groups is 1. The van der Waals surface area contributed by atoms with Crippen LogP contribution in [0.3, 0.4) is 0 Å². The highest BCUT2D eigenvalue weighted by atomic mass is 16.1. The van der Waals surface area contributed by atoms with Crippen molar-refractivity contribution in [3.8, 4) is 0 Å². The van der Waals surface area contributed by atoms with Crippen molar-refractivity contribution in [2.24, 2.45) is 0 Å². The summed E-state index contributed by atoms with van der Waals surface area (Å²) in [5, 5.41) is 6.89. The number of Topliss-reactive ketones (excluding diaryl/α,β-unsaturated/α-hetero) is 1. The molecule has 1 heterocycles. The second-order valence-electron chi connectivity index (χ2n) is 4.70. The van der Waals surface area contributed by atoms with E-state index in [0.29, 0.717) is 6.42 Å². The first kappa shape index (κ1) is 10.3. The molecule has 0 aliphatic heterocycles. The van der Waals surface area contributed by atoms with E-state index in [-0.39, 0.29) is 11.7 Å². The van der Waals surface area contributed by atoms with Crippen LogP contribution in [-0.2, 0) is 6.42 Å². The number of H-pyrrole nitrogens is 1. The fourth-order valence-electron chi connectivity index (χ4n) is 2.52. The first-order valence-electron chi connectivity index (χ1n) is 5.86. The summed E-state index contributed by atoms with van der Waals surface area (Å²) in [6, 6.07) is 8.40. The van der Waals surface area contributed by atoms with E-state index in [1.165, 1.54) is 11.1 Å². The maximum atomic E-state index is 12.0. The number of hydrogen-bond acceptors (Lipinski definition) is 2. The Labute approximate surface area is 99.9 Å². The van der Waals surface area contributed by atoms with Gasteiger partial charge in [0, 0.05) is 12.1 Å². The topological polar surface area (TPSA) is 45.8 Å². The quantitative estimate of drug-likeness (QED) is 0.812. The summed E-state index contributed by atoms with van der Waals surface area (Å²) in [5.41, 5.74) is 4.24. The van der Waals surface area contributed by atoms with Gasteiger partial charge in [-0.05, 0) is 24.8 Å². The fourth-order valence-corrected chi connectivity index (χ4v) is 2.52. The fraction of sp³-hybridized carbons (Fsp3) is 0.286. The van der Waals surface area contributed by atoms with Gasteiger partial charge in [0.25, 0.3) is 0 Å². The zero-order chi connectivity index (χ0) is 11.8. The molecule has 1 aromatic carbocycles. The van der Waals surface area contributed by atoms with Gasteiger partial charge in [0.1, 0.15) is 0 Å². The number of aromatic amines is 1. The molecule has 0 fully saturated rings. The highest BCUT2D eigenvalue weighted by Crippen LogP contribution is 2.31. The molecule has 2 aromatic rings. The molecule has 0 radical (unpaired) electrons. The van der Waals surface area contributed by atoms with Gasteiger partial charge in [-0.1, -0.05) is 29.8 Å². The van der Waals surface area contributed by atoms with Crippen molar-refractivity contribution in [2.75, 3.05) is 0 Å². The Morgan fingerprint density at radius 2 is 2.24 bits per heavy atom. The summed E-state index contributed by atoms with van der Waals surface area (Å²) in [7, 11) is 0. The number of rotatable bonds is 1. The maximum absolute atomic E-state index is 12.0. The summed E-state index contributed by atoms with van der Waals surface area (Å²) in [6.45, 7) is 2.08. The minimum atomic E-state index is 0.200. The summed E-state index contributed by atoms with van der Waals surface area (Å²) in [6.07, 6.45) is 3.12. The van der Waals surface area contributed by atoms with Gasteiger partial charge in [0.05, 0.1) is 11.8 Å². The lowest BCUT2D eigenvalue weighted by Gasteiger charge is -2.21. The lowest BCUT2D eigenvalue weighted by Crippen LogP contribution is -2.17. The Morgan fingerprint density at radius 3 is 3.06 bits per heavy atom. The van der Waals surface area contributed by atoms with Crippen LogP contribution in [-0.4, -0.2) is 16.0 Å². The van der Waals surface area contributed by atoms with Crippen LogP contribution in [0.15, 0.2) is 30.5 Å². The molecular formula is C14H14N2O. The predicted molar refractivity (Wildman–Crippen MR) is 65.2 cm³/mol. The summed E-state index contributed by atoms with van der Waals surface area (Å²) in [4.78, 5) is 12.0. The molecule has 1 aliphatic carbocycles. The molecule has 1 aromatic heterocycles. The summed E-state index contributed by atoms with van der Waals surface area (Å²) in [5.74, 6) is 0.488. The zero-order valence-corrected chi connectivity index (χ0v) is 9.73. The van der Waals surface area contributed by atoms with Crippen LogP contribution in [0.1, 0.15) is 39.5 Å². The van der Waals surface area contributed by atoms with Crippen molar-refractivity contribution < 1.29 is 4.79 Å². The van der Waals surface area contributed by atoms with Crippen LogP contribution >= 0.6 is 0 Å². The molecule has 3 nitrogen and oxygen atoms in total. The number of carbonyl (C=O) groups excluding carboxylic acids is 1. The molecule has 1 atom stereocenters. The third-order valence-corrected chi connectivity index (χ3v) is 3.41. The second-order valence-corrected chi connectivity index (χ2v) is 4.70. The molecule has 3 heteroatoms. The highest BCUT2D eigenvalue weighted by molar-refractivity contribution is 5.98. The molecule has 86 valence electrons. The number of ketones is 1. The van der Waals surface area contributed by atoms with Gasteiger partial charge in [-0.25, -0.2) is 0 Å². The average molecular weight is 226 g/mol. The lowest BCUT2D eigenvalue weighted by molar-refractivity contribution is 0.0964. The van der Waals surface area contributed by atoms with E-state index in [2.05, 4.69) is 41.4 Å². The number of aromatic nitrogens is 2. The normalized spacial score (nSPS) is 19.1. The van der Waals surface area contributed by atoms with E-state index < -0.39 is 0 Å². The van der Waals surface area contributed by atoms with Gasteiger partial charge >= 0.3 is 0 Å². The van der Waals surface area contributed by atoms with Crippen LogP contribution in [0.5, 0.6) is 0 Å². The Hall–Kier alpha value is -1.90. The van der Waals surface area contributed by atoms with Crippen molar-refractivity contribution >= 4 is 5.78 Å². The molecule has 1 N–H and O–H groups in total. The van der Waals surface area contributed by atoms with Crippen LogP contribution in [0.4, 0.5) is 0 Å². The Balaban J connectivity index is 1.96. The van der Waals surface area contributed by atoms with Crippen LogP contribution in [0.25, 0.3) is 0 Å². The molecule has 3 rings (SSSR count). The van der Waals surface area contributed by atoms with E-state index in [1.807, 2.05) is 0 Å². The Kier molecular flexibility index (Phi) is 2.32. The van der Waals surface area contributed by atoms with E-state index in [0.717, 1.165) is 17.7 Å². The molecule has 0 bridgehead atoms. The summed E-state index contributed by atoms with van der Waals surface area (Å²) >= 11 is 0. The first-order valence-corrected chi connectivity index (χ1v) is 5.86. The molecule has 17 heavy (non-hydrogen) atoms. The monoisotopic (exact) mass is 226 g/mol. The molecule has 1 aliphatic rings. The minimum Gasteiger partial charge on any atom is -0.294 e. The summed E-state index contributed by atoms with van der Waals surface area (Å²) < 4.78 is 0. The van der Waals surface area contributed by atoms with Crippen LogP contribution in [0, 0.1) is 6.92 Å². The number of nitrogens with zero attached hydrogens (tertiary/aromatic N) is 1. The van der Waals surface area contributed by atoms with Gasteiger partial charge in [0.2, 0.25) is 0 Å². The van der Waals surface area contributed by atoms with Crippen LogP contribution < -0.4 is 0 Å². The zero-order valence-electron chi connectivity index (χ0n) is 9.73. The number of aryl methyl sites for hydroxylation is 1. The van der Waals surface area contributed by atoms with Gasteiger partial charge in [-0.3, -0.25) is 9.89 Å². The average Bonchev–Trinajstić information content (AvgIpc) is 2.77. The van der Waals surface area contributed by atoms with E-state index in [4.69, 9.17) is 0 Å². The van der Waals surface area contributed by atoms with Gasteiger partial charge in [-0.2, -0.15) is 5.10 Å². The Bertz CT molecular complexity index is 571. The van der Waals surface area contributed by atoms with Gasteiger partial charge in [0.15, 0.2) is 5.78 Å².